The number of nitrogens with one attached hydrogen (secondary N) is 2. The van der Waals surface area contributed by atoms with E-state index in [1.165, 1.54) is 0 Å². The maximum Gasteiger partial charge on any atom is 0.261 e. The Morgan fingerprint density at radius 1 is 1.10 bits per heavy atom. The van der Waals surface area contributed by atoms with Gasteiger partial charge in [-0.25, -0.2) is 0 Å². The van der Waals surface area contributed by atoms with Crippen LogP contribution in [0.25, 0.3) is 10.9 Å². The fourth-order valence-electron chi connectivity index (χ4n) is 2.94. The van der Waals surface area contributed by atoms with Gasteiger partial charge in [0, 0.05) is 12.1 Å². The third-order valence-corrected chi connectivity index (χ3v) is 4.63. The molecule has 0 radical (unpaired) electrons. The van der Waals surface area contributed by atoms with Gasteiger partial charge in [0.15, 0.2) is 11.5 Å². The molecule has 6 nitrogen and oxygen atoms in total. The van der Waals surface area contributed by atoms with Gasteiger partial charge >= 0.3 is 0 Å². The van der Waals surface area contributed by atoms with E-state index in [1.807, 2.05) is 36.4 Å². The number of hydrogen-bond donors (Lipinski definition) is 2. The van der Waals surface area contributed by atoms with Gasteiger partial charge in [0.1, 0.15) is 5.56 Å². The molecule has 0 saturated carbocycles. The summed E-state index contributed by atoms with van der Waals surface area (Å²) in [5.74, 6) is 1.43. The Kier molecular flexibility index (Phi) is 6.54. The van der Waals surface area contributed by atoms with Crippen molar-refractivity contribution in [1.29, 1.82) is 0 Å². The van der Waals surface area contributed by atoms with Crippen molar-refractivity contribution in [1.82, 2.24) is 10.3 Å². The standard InChI is InChI=1S/C23H26N2O4/c1-15(2)10-11-29-20-9-8-16(12-21(20)28-3)14-24-22(26)18-13-17-6-4-5-7-19(17)25-23(18)27/h4-9,12-13,15H,10-11,14H2,1-3H3,(H,24,26)(H,25,27). The maximum absolute atomic E-state index is 12.5. The number of carbonyl (C=O) groups is 1. The van der Waals surface area contributed by atoms with Gasteiger partial charge in [0.2, 0.25) is 0 Å². The molecule has 3 rings (SSSR count). The zero-order chi connectivity index (χ0) is 20.8. The summed E-state index contributed by atoms with van der Waals surface area (Å²) in [6.45, 7) is 5.18. The van der Waals surface area contributed by atoms with Gasteiger partial charge in [-0.3, -0.25) is 9.59 Å². The Morgan fingerprint density at radius 2 is 1.90 bits per heavy atom. The predicted molar refractivity (Wildman–Crippen MR) is 114 cm³/mol. The van der Waals surface area contributed by atoms with Crippen molar-refractivity contribution in [3.8, 4) is 11.5 Å². The number of methoxy groups -OCH3 is 1. The molecule has 1 aromatic heterocycles. The molecule has 0 aliphatic heterocycles. The van der Waals surface area contributed by atoms with Crippen molar-refractivity contribution in [2.75, 3.05) is 13.7 Å². The first-order valence-corrected chi connectivity index (χ1v) is 9.68. The molecule has 2 N–H and O–H groups in total. The molecule has 0 aliphatic rings. The molecular formula is C23H26N2O4. The second-order valence-corrected chi connectivity index (χ2v) is 7.30. The van der Waals surface area contributed by atoms with E-state index in [-0.39, 0.29) is 12.1 Å². The summed E-state index contributed by atoms with van der Waals surface area (Å²) in [6.07, 6.45) is 0.960. The average molecular weight is 394 g/mol. The van der Waals surface area contributed by atoms with Crippen molar-refractivity contribution in [2.45, 2.75) is 26.8 Å². The molecule has 0 saturated heterocycles. The van der Waals surface area contributed by atoms with Gasteiger partial charge in [-0.1, -0.05) is 38.1 Å². The van der Waals surface area contributed by atoms with E-state index >= 15 is 0 Å². The van der Waals surface area contributed by atoms with Crippen LogP contribution in [0.2, 0.25) is 0 Å². The number of ether oxygens (including phenoxy) is 2. The minimum Gasteiger partial charge on any atom is -0.493 e. The Balaban J connectivity index is 1.68. The second-order valence-electron chi connectivity index (χ2n) is 7.30. The number of aromatic amines is 1. The Hall–Kier alpha value is -3.28. The highest BCUT2D eigenvalue weighted by atomic mass is 16.5. The normalized spacial score (nSPS) is 10.9. The molecule has 0 atom stereocenters. The summed E-state index contributed by atoms with van der Waals surface area (Å²) in [5.41, 5.74) is 1.23. The molecule has 0 bridgehead atoms. The van der Waals surface area contributed by atoms with Crippen molar-refractivity contribution < 1.29 is 14.3 Å². The first kappa shape index (κ1) is 20.5. The van der Waals surface area contributed by atoms with Gasteiger partial charge in [0.25, 0.3) is 11.5 Å². The van der Waals surface area contributed by atoms with Crippen LogP contribution in [0, 0.1) is 5.92 Å². The fraction of sp³-hybridized carbons (Fsp3) is 0.304. The van der Waals surface area contributed by atoms with Crippen LogP contribution in [0.4, 0.5) is 0 Å². The molecule has 3 aromatic rings. The van der Waals surface area contributed by atoms with Crippen LogP contribution < -0.4 is 20.3 Å². The van der Waals surface area contributed by atoms with E-state index in [1.54, 1.807) is 19.2 Å². The van der Waals surface area contributed by atoms with Crippen LogP contribution in [-0.4, -0.2) is 24.6 Å². The van der Waals surface area contributed by atoms with Crippen molar-refractivity contribution in [3.05, 3.63) is 70.0 Å². The molecule has 29 heavy (non-hydrogen) atoms. The van der Waals surface area contributed by atoms with E-state index in [0.717, 1.165) is 17.4 Å². The molecule has 0 spiro atoms. The van der Waals surface area contributed by atoms with Crippen molar-refractivity contribution in [2.24, 2.45) is 5.92 Å². The van der Waals surface area contributed by atoms with Gasteiger partial charge in [-0.05, 0) is 47.6 Å². The van der Waals surface area contributed by atoms with E-state index in [0.29, 0.717) is 29.5 Å². The predicted octanol–water partition coefficient (Wildman–Crippen LogP) is 3.89. The molecular weight excluding hydrogens is 368 g/mol. The number of carbonyl (C=O) groups excluding carboxylic acids is 1. The monoisotopic (exact) mass is 394 g/mol. The molecule has 0 fully saturated rings. The second kappa shape index (κ2) is 9.28. The molecule has 6 heteroatoms. The first-order chi connectivity index (χ1) is 14.0. The number of pyridine rings is 1. The molecule has 2 aromatic carbocycles. The highest BCUT2D eigenvalue weighted by Gasteiger charge is 2.12. The minimum absolute atomic E-state index is 0.0873. The van der Waals surface area contributed by atoms with Crippen LogP contribution >= 0.6 is 0 Å². The lowest BCUT2D eigenvalue weighted by molar-refractivity contribution is 0.0949. The lowest BCUT2D eigenvalue weighted by atomic mass is 10.1. The van der Waals surface area contributed by atoms with Gasteiger partial charge < -0.3 is 19.8 Å². The number of amides is 1. The summed E-state index contributed by atoms with van der Waals surface area (Å²) in [7, 11) is 1.58. The van der Waals surface area contributed by atoms with E-state index in [9.17, 15) is 9.59 Å². The highest BCUT2D eigenvalue weighted by molar-refractivity contribution is 5.97. The summed E-state index contributed by atoms with van der Waals surface area (Å²) < 4.78 is 11.2. The largest absolute Gasteiger partial charge is 0.493 e. The van der Waals surface area contributed by atoms with Crippen LogP contribution in [0.3, 0.4) is 0 Å². The molecule has 0 unspecified atom stereocenters. The quantitative estimate of drug-likeness (QED) is 0.607. The van der Waals surface area contributed by atoms with Crippen molar-refractivity contribution >= 4 is 16.8 Å². The number of fused-ring (bicyclic) bond motifs is 1. The Bertz CT molecular complexity index is 1060. The maximum atomic E-state index is 12.5. The lowest BCUT2D eigenvalue weighted by Crippen LogP contribution is -2.29. The summed E-state index contributed by atoms with van der Waals surface area (Å²) in [5, 5.41) is 3.60. The Morgan fingerprint density at radius 3 is 2.66 bits per heavy atom. The van der Waals surface area contributed by atoms with Crippen LogP contribution in [-0.2, 0) is 6.54 Å². The smallest absolute Gasteiger partial charge is 0.261 e. The first-order valence-electron chi connectivity index (χ1n) is 9.68. The van der Waals surface area contributed by atoms with E-state index in [2.05, 4.69) is 24.1 Å². The van der Waals surface area contributed by atoms with Crippen LogP contribution in [0.1, 0.15) is 36.2 Å². The molecule has 152 valence electrons. The van der Waals surface area contributed by atoms with Gasteiger partial charge in [-0.15, -0.1) is 0 Å². The third kappa shape index (κ3) is 5.16. The van der Waals surface area contributed by atoms with Gasteiger partial charge in [-0.2, -0.15) is 0 Å². The number of para-hydroxylation sites is 1. The van der Waals surface area contributed by atoms with E-state index in [4.69, 9.17) is 9.47 Å². The zero-order valence-corrected chi connectivity index (χ0v) is 17.0. The summed E-state index contributed by atoms with van der Waals surface area (Å²) >= 11 is 0. The van der Waals surface area contributed by atoms with Crippen LogP contribution in [0.5, 0.6) is 11.5 Å². The minimum atomic E-state index is -0.423. The fourth-order valence-corrected chi connectivity index (χ4v) is 2.94. The molecule has 1 heterocycles. The number of aromatic nitrogens is 1. The lowest BCUT2D eigenvalue weighted by Gasteiger charge is -2.13. The van der Waals surface area contributed by atoms with Crippen molar-refractivity contribution in [3.63, 3.8) is 0 Å². The number of hydrogen-bond acceptors (Lipinski definition) is 4. The number of H-pyrrole nitrogens is 1. The number of benzene rings is 2. The van der Waals surface area contributed by atoms with Gasteiger partial charge in [0.05, 0.1) is 13.7 Å². The van der Waals surface area contributed by atoms with E-state index < -0.39 is 11.5 Å². The third-order valence-electron chi connectivity index (χ3n) is 4.63. The SMILES string of the molecule is COc1cc(CNC(=O)c2cc3ccccc3[nH]c2=O)ccc1OCCC(C)C. The Labute approximate surface area is 169 Å². The zero-order valence-electron chi connectivity index (χ0n) is 17.0. The van der Waals surface area contributed by atoms with Crippen LogP contribution in [0.15, 0.2) is 53.3 Å². The summed E-state index contributed by atoms with van der Waals surface area (Å²) in [6, 6.07) is 14.5. The molecule has 0 aliphatic carbocycles. The average Bonchev–Trinajstić information content (AvgIpc) is 2.71. The number of rotatable bonds is 8. The molecule has 1 amide bonds. The highest BCUT2D eigenvalue weighted by Crippen LogP contribution is 2.28. The topological polar surface area (TPSA) is 80.4 Å². The summed E-state index contributed by atoms with van der Waals surface area (Å²) in [4.78, 5) is 27.5.